The van der Waals surface area contributed by atoms with Gasteiger partial charge in [0.25, 0.3) is 10.1 Å². The summed E-state index contributed by atoms with van der Waals surface area (Å²) in [6, 6.07) is 8.09. The number of rotatable bonds is 6. The first-order valence-electron chi connectivity index (χ1n) is 15.3. The standard InChI is InChI=1S/C32H29I3O9S/c33-20-2-3-21(34)27(35)26(20)32(38)44-29-18-11-19-25(31(37)43-28(19)29)24(18)30(36)42-16-1-4-22(45(39,40)41)17(10-16)23-14-6-12-5-13(8-14)9-15(23)7-12/h1-4,10,12-15,18-19,23-25,28-29H,5-9,11H2,(H,39,40,41). The van der Waals surface area contributed by atoms with Crippen molar-refractivity contribution >= 4 is 95.8 Å². The molecular weight excluding hydrogens is 941 g/mol. The molecule has 6 atom stereocenters. The second-order valence-corrected chi connectivity index (χ2v) is 18.4. The van der Waals surface area contributed by atoms with Gasteiger partial charge in [-0.1, -0.05) is 0 Å². The van der Waals surface area contributed by atoms with Crippen molar-refractivity contribution in [1.82, 2.24) is 0 Å². The van der Waals surface area contributed by atoms with Crippen LogP contribution >= 0.6 is 67.8 Å². The van der Waals surface area contributed by atoms with Gasteiger partial charge in [0.15, 0.2) is 0 Å². The van der Waals surface area contributed by atoms with E-state index in [-0.39, 0.29) is 22.5 Å². The first kappa shape index (κ1) is 31.2. The minimum atomic E-state index is -4.50. The molecule has 2 aromatic rings. The topological polar surface area (TPSA) is 133 Å². The third-order valence-corrected chi connectivity index (χ3v) is 16.3. The van der Waals surface area contributed by atoms with Crippen molar-refractivity contribution in [3.63, 3.8) is 0 Å². The number of ether oxygens (including phenoxy) is 3. The number of halogens is 3. The lowest BCUT2D eigenvalue weighted by atomic mass is 9.51. The molecule has 9 rings (SSSR count). The number of hydrogen-bond donors (Lipinski definition) is 1. The fraction of sp³-hybridized carbons (Fsp3) is 0.531. The van der Waals surface area contributed by atoms with E-state index >= 15 is 0 Å². The number of fused-ring (bicyclic) bond motifs is 1. The third-order valence-electron chi connectivity index (χ3n) is 11.4. The molecule has 45 heavy (non-hydrogen) atoms. The molecular formula is C32H29I3O9S. The van der Waals surface area contributed by atoms with E-state index < -0.39 is 58.0 Å². The summed E-state index contributed by atoms with van der Waals surface area (Å²) in [4.78, 5) is 40.2. The van der Waals surface area contributed by atoms with Crippen molar-refractivity contribution in [1.29, 1.82) is 0 Å². The molecule has 238 valence electrons. The monoisotopic (exact) mass is 970 g/mol. The molecule has 9 nitrogen and oxygen atoms in total. The number of carbonyl (C=O) groups is 3. The third kappa shape index (κ3) is 5.09. The Hall–Kier alpha value is -1.05. The maximum Gasteiger partial charge on any atom is 0.340 e. The average molecular weight is 970 g/mol. The maximum atomic E-state index is 13.9. The number of benzene rings is 2. The highest BCUT2D eigenvalue weighted by Gasteiger charge is 2.70. The predicted octanol–water partition coefficient (Wildman–Crippen LogP) is 6.23. The van der Waals surface area contributed by atoms with E-state index in [1.54, 1.807) is 6.07 Å². The van der Waals surface area contributed by atoms with E-state index in [0.717, 1.165) is 36.4 Å². The van der Waals surface area contributed by atoms with Gasteiger partial charge >= 0.3 is 17.9 Å². The molecule has 1 heterocycles. The summed E-state index contributed by atoms with van der Waals surface area (Å²) in [5.41, 5.74) is 0.959. The van der Waals surface area contributed by atoms with Crippen LogP contribution in [0.25, 0.3) is 0 Å². The molecule has 6 bridgehead atoms. The van der Waals surface area contributed by atoms with Crippen LogP contribution in [0.1, 0.15) is 60.4 Å². The van der Waals surface area contributed by atoms with Crippen LogP contribution in [0.2, 0.25) is 0 Å². The number of esters is 3. The van der Waals surface area contributed by atoms with Gasteiger partial charge in [0.05, 0.1) is 22.3 Å². The van der Waals surface area contributed by atoms with Gasteiger partial charge in [-0.15, -0.1) is 0 Å². The second-order valence-electron chi connectivity index (χ2n) is 13.7. The van der Waals surface area contributed by atoms with Gasteiger partial charge in [-0.3, -0.25) is 14.1 Å². The molecule has 0 aromatic heterocycles. The Morgan fingerprint density at radius 1 is 0.867 bits per heavy atom. The lowest BCUT2D eigenvalue weighted by Crippen LogP contribution is -2.44. The molecule has 7 fully saturated rings. The van der Waals surface area contributed by atoms with Crippen LogP contribution in [0, 0.1) is 58.1 Å². The van der Waals surface area contributed by atoms with E-state index in [1.807, 2.05) is 12.1 Å². The molecule has 0 amide bonds. The Morgan fingerprint density at radius 2 is 1.53 bits per heavy atom. The summed E-state index contributed by atoms with van der Waals surface area (Å²) in [7, 11) is -4.50. The van der Waals surface area contributed by atoms with Gasteiger partial charge in [-0.05, 0) is 172 Å². The van der Waals surface area contributed by atoms with Crippen LogP contribution in [0.3, 0.4) is 0 Å². The van der Waals surface area contributed by atoms with Crippen LogP contribution in [0.15, 0.2) is 35.2 Å². The van der Waals surface area contributed by atoms with Crippen molar-refractivity contribution in [3.05, 3.63) is 52.2 Å². The molecule has 2 aromatic carbocycles. The van der Waals surface area contributed by atoms with Crippen LogP contribution < -0.4 is 4.74 Å². The molecule has 6 unspecified atom stereocenters. The van der Waals surface area contributed by atoms with Crippen molar-refractivity contribution < 1.29 is 41.6 Å². The zero-order valence-corrected chi connectivity index (χ0v) is 31.0. The largest absolute Gasteiger partial charge is 0.458 e. The van der Waals surface area contributed by atoms with E-state index in [1.165, 1.54) is 18.6 Å². The van der Waals surface area contributed by atoms with Crippen molar-refractivity contribution in [3.8, 4) is 5.75 Å². The SMILES string of the molecule is O=C(OC1C2CC3C1OC(=O)C3C2C(=O)Oc1ccc(S(=O)(=O)O)c(C2C3CC4CC(C3)CC2C4)c1)c1c(I)ccc(I)c1I. The molecule has 0 spiro atoms. The van der Waals surface area contributed by atoms with Gasteiger partial charge in [-0.25, -0.2) is 4.79 Å². The molecule has 6 saturated carbocycles. The Morgan fingerprint density at radius 3 is 2.20 bits per heavy atom. The molecule has 1 N–H and O–H groups in total. The van der Waals surface area contributed by atoms with Crippen LogP contribution in [0.5, 0.6) is 5.75 Å². The lowest BCUT2D eigenvalue weighted by molar-refractivity contribution is -0.149. The highest BCUT2D eigenvalue weighted by Crippen LogP contribution is 2.61. The van der Waals surface area contributed by atoms with Crippen molar-refractivity contribution in [2.75, 3.05) is 0 Å². The molecule has 1 aliphatic heterocycles. The fourth-order valence-electron chi connectivity index (χ4n) is 10.1. The van der Waals surface area contributed by atoms with Gasteiger partial charge in [-0.2, -0.15) is 8.42 Å². The van der Waals surface area contributed by atoms with Crippen LogP contribution in [-0.2, 0) is 29.2 Å². The molecule has 7 aliphatic rings. The van der Waals surface area contributed by atoms with E-state index in [4.69, 9.17) is 14.2 Å². The summed E-state index contributed by atoms with van der Waals surface area (Å²) in [5.74, 6) is -1.72. The first-order chi connectivity index (χ1) is 21.4. The van der Waals surface area contributed by atoms with Crippen molar-refractivity contribution in [2.24, 2.45) is 47.3 Å². The van der Waals surface area contributed by atoms with E-state index in [9.17, 15) is 27.4 Å². The molecule has 6 aliphatic carbocycles. The van der Waals surface area contributed by atoms with Gasteiger partial charge in [0.2, 0.25) is 0 Å². The van der Waals surface area contributed by atoms with Crippen molar-refractivity contribution in [2.45, 2.75) is 61.5 Å². The zero-order valence-electron chi connectivity index (χ0n) is 23.7. The number of carbonyl (C=O) groups excluding carboxylic acids is 3. The summed E-state index contributed by atoms with van der Waals surface area (Å²) < 4.78 is 55.2. The number of hydrogen-bond acceptors (Lipinski definition) is 8. The maximum absolute atomic E-state index is 13.9. The zero-order chi connectivity index (χ0) is 31.5. The predicted molar refractivity (Wildman–Crippen MR) is 184 cm³/mol. The summed E-state index contributed by atoms with van der Waals surface area (Å²) >= 11 is 6.38. The Bertz CT molecular complexity index is 1730. The second kappa shape index (κ2) is 11.3. The molecule has 13 heteroatoms. The van der Waals surface area contributed by atoms with E-state index in [2.05, 4.69) is 67.8 Å². The summed E-state index contributed by atoms with van der Waals surface area (Å²) in [5, 5.41) is 0. The van der Waals surface area contributed by atoms with E-state index in [0.29, 0.717) is 41.2 Å². The Kier molecular flexibility index (Phi) is 7.81. The van der Waals surface area contributed by atoms with Crippen LogP contribution in [0.4, 0.5) is 0 Å². The molecule has 1 saturated heterocycles. The highest BCUT2D eigenvalue weighted by atomic mass is 127. The Balaban J connectivity index is 1.07. The highest BCUT2D eigenvalue weighted by molar-refractivity contribution is 14.1. The lowest BCUT2D eigenvalue weighted by Gasteiger charge is -2.54. The van der Waals surface area contributed by atoms with Gasteiger partial charge in [0.1, 0.15) is 18.0 Å². The summed E-state index contributed by atoms with van der Waals surface area (Å²) in [6.45, 7) is 0. The first-order valence-corrected chi connectivity index (χ1v) is 19.9. The molecule has 0 radical (unpaired) electrons. The normalized spacial score (nSPS) is 37.2. The summed E-state index contributed by atoms with van der Waals surface area (Å²) in [6.07, 6.45) is 4.54. The smallest absolute Gasteiger partial charge is 0.340 e. The fourth-order valence-corrected chi connectivity index (χ4v) is 13.1. The average Bonchev–Trinajstić information content (AvgIpc) is 3.58. The van der Waals surface area contributed by atoms with Gasteiger partial charge < -0.3 is 14.2 Å². The Labute approximate surface area is 301 Å². The van der Waals surface area contributed by atoms with Gasteiger partial charge in [0, 0.05) is 22.5 Å². The minimum Gasteiger partial charge on any atom is -0.458 e. The minimum absolute atomic E-state index is 0.0307. The quantitative estimate of drug-likeness (QED) is 0.118. The van der Waals surface area contributed by atoms with Crippen LogP contribution in [-0.4, -0.2) is 43.1 Å².